The van der Waals surface area contributed by atoms with Crippen molar-refractivity contribution in [2.24, 2.45) is 0 Å². The molecule has 5 nitrogen and oxygen atoms in total. The topological polar surface area (TPSA) is 50.8 Å². The molecule has 0 aliphatic carbocycles. The Balaban J connectivity index is 1.45. The van der Waals surface area contributed by atoms with E-state index in [-0.39, 0.29) is 5.91 Å². The first-order valence-corrected chi connectivity index (χ1v) is 10.4. The van der Waals surface area contributed by atoms with Crippen LogP contribution >= 0.6 is 0 Å². The Morgan fingerprint density at radius 2 is 1.69 bits per heavy atom. The lowest BCUT2D eigenvalue weighted by Gasteiger charge is -2.29. The maximum Gasteiger partial charge on any atom is 0.261 e. The zero-order valence-electron chi connectivity index (χ0n) is 17.9. The van der Waals surface area contributed by atoms with Gasteiger partial charge >= 0.3 is 0 Å². The number of nitrogens with one attached hydrogen (secondary N) is 1. The summed E-state index contributed by atoms with van der Waals surface area (Å²) in [5, 5.41) is 2.94. The Morgan fingerprint density at radius 1 is 1.07 bits per heavy atom. The molecule has 2 aromatic carbocycles. The smallest absolute Gasteiger partial charge is 0.261 e. The van der Waals surface area contributed by atoms with Gasteiger partial charge in [-0.25, -0.2) is 0 Å². The van der Waals surface area contributed by atoms with Crippen LogP contribution < -0.4 is 14.8 Å². The van der Waals surface area contributed by atoms with Gasteiger partial charge in [-0.05, 0) is 81.6 Å². The summed E-state index contributed by atoms with van der Waals surface area (Å²) < 4.78 is 11.9. The highest BCUT2D eigenvalue weighted by Crippen LogP contribution is 2.20. The number of piperidine rings is 1. The third-order valence-electron chi connectivity index (χ3n) is 5.24. The zero-order chi connectivity index (χ0) is 20.8. The molecule has 0 saturated carbocycles. The average molecular weight is 397 g/mol. The Hall–Kier alpha value is -2.53. The van der Waals surface area contributed by atoms with Crippen molar-refractivity contribution >= 4 is 5.91 Å². The van der Waals surface area contributed by atoms with Gasteiger partial charge in [0.15, 0.2) is 6.10 Å². The van der Waals surface area contributed by atoms with Crippen LogP contribution in [0, 0.1) is 13.8 Å². The van der Waals surface area contributed by atoms with E-state index >= 15 is 0 Å². The van der Waals surface area contributed by atoms with Gasteiger partial charge < -0.3 is 19.7 Å². The van der Waals surface area contributed by atoms with E-state index in [0.717, 1.165) is 54.1 Å². The van der Waals surface area contributed by atoms with Crippen molar-refractivity contribution in [2.75, 3.05) is 20.1 Å². The summed E-state index contributed by atoms with van der Waals surface area (Å²) in [4.78, 5) is 14.7. The van der Waals surface area contributed by atoms with E-state index in [1.54, 1.807) is 6.92 Å². The van der Waals surface area contributed by atoms with Crippen LogP contribution in [0.25, 0.3) is 0 Å². The van der Waals surface area contributed by atoms with Gasteiger partial charge in [0.1, 0.15) is 17.6 Å². The fourth-order valence-electron chi connectivity index (χ4n) is 3.57. The van der Waals surface area contributed by atoms with Crippen LogP contribution in [-0.4, -0.2) is 43.2 Å². The minimum Gasteiger partial charge on any atom is -0.490 e. The average Bonchev–Trinajstić information content (AvgIpc) is 2.68. The molecule has 0 spiro atoms. The first kappa shape index (κ1) is 21.2. The van der Waals surface area contributed by atoms with Crippen molar-refractivity contribution in [3.63, 3.8) is 0 Å². The normalized spacial score (nSPS) is 16.3. The molecular formula is C24H32N2O3. The van der Waals surface area contributed by atoms with Crippen molar-refractivity contribution in [3.8, 4) is 11.5 Å². The molecule has 5 heteroatoms. The van der Waals surface area contributed by atoms with Crippen LogP contribution in [0.3, 0.4) is 0 Å². The van der Waals surface area contributed by atoms with Gasteiger partial charge in [-0.2, -0.15) is 0 Å². The van der Waals surface area contributed by atoms with Gasteiger partial charge in [0, 0.05) is 19.6 Å². The van der Waals surface area contributed by atoms with Crippen LogP contribution in [0.2, 0.25) is 0 Å². The monoisotopic (exact) mass is 396 g/mol. The van der Waals surface area contributed by atoms with Gasteiger partial charge in [0.05, 0.1) is 0 Å². The lowest BCUT2D eigenvalue weighted by Crippen LogP contribution is -2.36. The Morgan fingerprint density at radius 3 is 2.31 bits per heavy atom. The van der Waals surface area contributed by atoms with Crippen molar-refractivity contribution in [3.05, 3.63) is 59.2 Å². The fourth-order valence-corrected chi connectivity index (χ4v) is 3.57. The quantitative estimate of drug-likeness (QED) is 0.772. The highest BCUT2D eigenvalue weighted by molar-refractivity contribution is 5.80. The molecule has 0 aromatic heterocycles. The van der Waals surface area contributed by atoms with E-state index in [2.05, 4.69) is 23.3 Å². The van der Waals surface area contributed by atoms with Crippen molar-refractivity contribution in [2.45, 2.75) is 52.4 Å². The highest BCUT2D eigenvalue weighted by Gasteiger charge is 2.18. The molecule has 156 valence electrons. The molecule has 1 heterocycles. The summed E-state index contributed by atoms with van der Waals surface area (Å²) in [6.07, 6.45) is 1.86. The number of rotatable bonds is 7. The molecule has 1 N–H and O–H groups in total. The summed E-state index contributed by atoms with van der Waals surface area (Å²) >= 11 is 0. The second-order valence-electron chi connectivity index (χ2n) is 8.07. The van der Waals surface area contributed by atoms with Crippen molar-refractivity contribution in [1.29, 1.82) is 0 Å². The summed E-state index contributed by atoms with van der Waals surface area (Å²) in [7, 11) is 2.15. The molecule has 1 aliphatic rings. The van der Waals surface area contributed by atoms with Gasteiger partial charge in [-0.3, -0.25) is 4.79 Å². The van der Waals surface area contributed by atoms with Crippen molar-refractivity contribution < 1.29 is 14.3 Å². The van der Waals surface area contributed by atoms with E-state index in [1.165, 1.54) is 0 Å². The molecule has 29 heavy (non-hydrogen) atoms. The number of likely N-dealkylation sites (tertiary alicyclic amines) is 1. The summed E-state index contributed by atoms with van der Waals surface area (Å²) in [6.45, 7) is 8.43. The number of amides is 1. The second-order valence-corrected chi connectivity index (χ2v) is 8.07. The van der Waals surface area contributed by atoms with Gasteiger partial charge in [-0.15, -0.1) is 0 Å². The maximum atomic E-state index is 12.4. The largest absolute Gasteiger partial charge is 0.490 e. The minimum absolute atomic E-state index is 0.129. The van der Waals surface area contributed by atoms with Crippen LogP contribution in [-0.2, 0) is 11.3 Å². The number of benzene rings is 2. The number of nitrogens with zero attached hydrogens (tertiary/aromatic N) is 1. The first-order valence-electron chi connectivity index (χ1n) is 10.4. The second kappa shape index (κ2) is 9.79. The third kappa shape index (κ3) is 6.50. The number of ether oxygens (including phenoxy) is 2. The Kier molecular flexibility index (Phi) is 7.15. The molecule has 1 fully saturated rings. The zero-order valence-corrected chi connectivity index (χ0v) is 17.9. The lowest BCUT2D eigenvalue weighted by atomic mass is 10.1. The fraction of sp³-hybridized carbons (Fsp3) is 0.458. The minimum atomic E-state index is -0.553. The summed E-state index contributed by atoms with van der Waals surface area (Å²) in [6, 6.07) is 13.9. The lowest BCUT2D eigenvalue weighted by molar-refractivity contribution is -0.127. The Labute approximate surface area is 174 Å². The van der Waals surface area contributed by atoms with Crippen LogP contribution in [0.15, 0.2) is 42.5 Å². The van der Waals surface area contributed by atoms with Crippen LogP contribution in [0.4, 0.5) is 0 Å². The molecule has 0 bridgehead atoms. The standard InChI is InChI=1S/C24H32N2O3/c1-17-13-18(2)15-23(14-17)28-19(3)24(27)25-16-20-5-7-21(8-6-20)29-22-9-11-26(4)12-10-22/h5-8,13-15,19,22H,9-12,16H2,1-4H3,(H,25,27)/t19-/m1/s1. The summed E-state index contributed by atoms with van der Waals surface area (Å²) in [5.74, 6) is 1.48. The Bertz CT molecular complexity index is 791. The molecule has 3 rings (SSSR count). The SMILES string of the molecule is Cc1cc(C)cc(O[C@H](C)C(=O)NCc2ccc(OC3CCN(C)CC3)cc2)c1. The number of aryl methyl sites for hydroxylation is 2. The highest BCUT2D eigenvalue weighted by atomic mass is 16.5. The van der Waals surface area contributed by atoms with E-state index in [9.17, 15) is 4.79 Å². The molecule has 0 radical (unpaired) electrons. The molecule has 1 atom stereocenters. The van der Waals surface area contributed by atoms with Gasteiger partial charge in [0.25, 0.3) is 5.91 Å². The molecule has 2 aromatic rings. The number of hydrogen-bond donors (Lipinski definition) is 1. The molecular weight excluding hydrogens is 364 g/mol. The van der Waals surface area contributed by atoms with Gasteiger partial charge in [-0.1, -0.05) is 18.2 Å². The van der Waals surface area contributed by atoms with E-state index < -0.39 is 6.10 Å². The predicted octanol–water partition coefficient (Wildman–Crippen LogP) is 3.86. The molecule has 1 amide bonds. The number of carbonyl (C=O) groups is 1. The van der Waals surface area contributed by atoms with Crippen LogP contribution in [0.5, 0.6) is 11.5 Å². The predicted molar refractivity (Wildman–Crippen MR) is 115 cm³/mol. The van der Waals surface area contributed by atoms with Crippen LogP contribution in [0.1, 0.15) is 36.5 Å². The van der Waals surface area contributed by atoms with E-state index in [1.807, 2.05) is 50.2 Å². The number of carbonyl (C=O) groups excluding carboxylic acids is 1. The molecule has 1 aliphatic heterocycles. The van der Waals surface area contributed by atoms with E-state index in [4.69, 9.17) is 9.47 Å². The van der Waals surface area contributed by atoms with Crippen molar-refractivity contribution in [1.82, 2.24) is 10.2 Å². The van der Waals surface area contributed by atoms with E-state index in [0.29, 0.717) is 12.6 Å². The molecule has 0 unspecified atom stereocenters. The maximum absolute atomic E-state index is 12.4. The third-order valence-corrected chi connectivity index (χ3v) is 5.24. The summed E-state index contributed by atoms with van der Waals surface area (Å²) in [5.41, 5.74) is 3.28. The number of hydrogen-bond acceptors (Lipinski definition) is 4. The first-order chi connectivity index (χ1) is 13.9. The molecule has 1 saturated heterocycles. The van der Waals surface area contributed by atoms with Gasteiger partial charge in [0.2, 0.25) is 0 Å².